The van der Waals surface area contributed by atoms with Crippen molar-refractivity contribution in [2.24, 2.45) is 12.8 Å². The summed E-state index contributed by atoms with van der Waals surface area (Å²) in [6, 6.07) is 5.62. The Labute approximate surface area is 105 Å². The number of benzene rings is 1. The fourth-order valence-corrected chi connectivity index (χ4v) is 1.57. The Morgan fingerprint density at radius 2 is 2.17 bits per heavy atom. The van der Waals surface area contributed by atoms with Crippen molar-refractivity contribution in [2.75, 3.05) is 7.11 Å². The van der Waals surface area contributed by atoms with Gasteiger partial charge in [-0.05, 0) is 17.7 Å². The maximum Gasteiger partial charge on any atom is 0.161 e. The van der Waals surface area contributed by atoms with Gasteiger partial charge in [0, 0.05) is 13.6 Å². The molecule has 0 spiro atoms. The van der Waals surface area contributed by atoms with E-state index in [1.54, 1.807) is 18.0 Å². The zero-order valence-corrected chi connectivity index (χ0v) is 10.5. The molecule has 0 saturated carbocycles. The Morgan fingerprint density at radius 1 is 1.33 bits per heavy atom. The summed E-state index contributed by atoms with van der Waals surface area (Å²) in [4.78, 5) is 0. The van der Waals surface area contributed by atoms with Crippen molar-refractivity contribution < 1.29 is 9.47 Å². The normalized spacial score (nSPS) is 10.4. The third-order valence-electron chi connectivity index (χ3n) is 2.49. The van der Waals surface area contributed by atoms with Crippen molar-refractivity contribution in [2.45, 2.75) is 13.2 Å². The highest BCUT2D eigenvalue weighted by atomic mass is 16.5. The topological polar surface area (TPSA) is 75.2 Å². The second kappa shape index (κ2) is 5.50. The summed E-state index contributed by atoms with van der Waals surface area (Å²) >= 11 is 0. The number of nitrogens with zero attached hydrogens (tertiary/aromatic N) is 3. The highest BCUT2D eigenvalue weighted by molar-refractivity contribution is 5.42. The lowest BCUT2D eigenvalue weighted by Crippen LogP contribution is -2.01. The zero-order valence-electron chi connectivity index (χ0n) is 10.5. The van der Waals surface area contributed by atoms with Crippen molar-refractivity contribution in [1.29, 1.82) is 0 Å². The quantitative estimate of drug-likeness (QED) is 0.849. The van der Waals surface area contributed by atoms with Crippen LogP contribution in [0, 0.1) is 0 Å². The average Bonchev–Trinajstić information content (AvgIpc) is 2.82. The molecular formula is C12H16N4O2. The fraction of sp³-hybridized carbons (Fsp3) is 0.333. The predicted octanol–water partition coefficient (Wildman–Crippen LogP) is 0.861. The van der Waals surface area contributed by atoms with Crippen molar-refractivity contribution in [3.8, 4) is 11.5 Å². The van der Waals surface area contributed by atoms with Gasteiger partial charge in [0.05, 0.1) is 13.3 Å². The molecule has 6 nitrogen and oxygen atoms in total. The molecule has 2 rings (SSSR count). The second-order valence-corrected chi connectivity index (χ2v) is 3.86. The maximum absolute atomic E-state index is 5.65. The summed E-state index contributed by atoms with van der Waals surface area (Å²) in [5.74, 6) is 1.34. The van der Waals surface area contributed by atoms with Crippen LogP contribution in [-0.2, 0) is 20.2 Å². The summed E-state index contributed by atoms with van der Waals surface area (Å²) < 4.78 is 12.5. The molecule has 0 saturated heterocycles. The van der Waals surface area contributed by atoms with Gasteiger partial charge >= 0.3 is 0 Å². The lowest BCUT2D eigenvalue weighted by molar-refractivity contribution is 0.280. The van der Waals surface area contributed by atoms with E-state index in [9.17, 15) is 0 Å². The van der Waals surface area contributed by atoms with E-state index in [4.69, 9.17) is 15.2 Å². The number of aromatic nitrogens is 3. The molecule has 0 aliphatic rings. The number of hydrogen-bond acceptors (Lipinski definition) is 5. The number of methoxy groups -OCH3 is 1. The van der Waals surface area contributed by atoms with Crippen LogP contribution in [0.3, 0.4) is 0 Å². The molecule has 0 fully saturated rings. The molecule has 18 heavy (non-hydrogen) atoms. The Balaban J connectivity index is 2.08. The molecule has 2 N–H and O–H groups in total. The first kappa shape index (κ1) is 12.4. The molecule has 96 valence electrons. The Kier molecular flexibility index (Phi) is 3.78. The number of rotatable bonds is 5. The van der Waals surface area contributed by atoms with Crippen LogP contribution in [0.25, 0.3) is 0 Å². The van der Waals surface area contributed by atoms with Crippen LogP contribution in [-0.4, -0.2) is 22.1 Å². The summed E-state index contributed by atoms with van der Waals surface area (Å²) in [5, 5.41) is 7.78. The monoisotopic (exact) mass is 248 g/mol. The van der Waals surface area contributed by atoms with Crippen LogP contribution >= 0.6 is 0 Å². The largest absolute Gasteiger partial charge is 0.493 e. The molecule has 0 unspecified atom stereocenters. The van der Waals surface area contributed by atoms with Gasteiger partial charge in [-0.3, -0.25) is 4.68 Å². The van der Waals surface area contributed by atoms with Gasteiger partial charge in [0.15, 0.2) is 11.5 Å². The van der Waals surface area contributed by atoms with Crippen LogP contribution in [0.1, 0.15) is 11.3 Å². The van der Waals surface area contributed by atoms with E-state index < -0.39 is 0 Å². The fourth-order valence-electron chi connectivity index (χ4n) is 1.57. The van der Waals surface area contributed by atoms with E-state index in [1.165, 1.54) is 0 Å². The summed E-state index contributed by atoms with van der Waals surface area (Å²) in [5.41, 5.74) is 7.34. The van der Waals surface area contributed by atoms with Crippen molar-refractivity contribution >= 4 is 0 Å². The molecule has 0 amide bonds. The number of ether oxygens (including phenoxy) is 2. The van der Waals surface area contributed by atoms with E-state index in [1.807, 2.05) is 25.2 Å². The minimum absolute atomic E-state index is 0.353. The third-order valence-corrected chi connectivity index (χ3v) is 2.49. The van der Waals surface area contributed by atoms with Crippen molar-refractivity contribution in [3.05, 3.63) is 35.7 Å². The number of aryl methyl sites for hydroxylation is 1. The zero-order chi connectivity index (χ0) is 13.0. The Hall–Kier alpha value is -2.08. The lowest BCUT2D eigenvalue weighted by Gasteiger charge is -2.10. The highest BCUT2D eigenvalue weighted by Gasteiger charge is 2.06. The van der Waals surface area contributed by atoms with Gasteiger partial charge in [-0.15, -0.1) is 5.10 Å². The standard InChI is InChI=1S/C12H16N4O2/c1-16-7-10(14-15-16)8-18-11-4-3-9(6-13)5-12(11)17-2/h3-5,7H,6,8,13H2,1-2H3. The molecular weight excluding hydrogens is 232 g/mol. The first-order valence-electron chi connectivity index (χ1n) is 5.58. The van der Waals surface area contributed by atoms with E-state index >= 15 is 0 Å². The van der Waals surface area contributed by atoms with E-state index in [0.29, 0.717) is 24.7 Å². The number of nitrogens with two attached hydrogens (primary N) is 1. The van der Waals surface area contributed by atoms with E-state index in [2.05, 4.69) is 10.3 Å². The van der Waals surface area contributed by atoms with Gasteiger partial charge in [-0.2, -0.15) is 0 Å². The minimum Gasteiger partial charge on any atom is -0.493 e. The summed E-state index contributed by atoms with van der Waals surface area (Å²) in [6.07, 6.45) is 1.81. The van der Waals surface area contributed by atoms with Crippen LogP contribution in [0.15, 0.2) is 24.4 Å². The van der Waals surface area contributed by atoms with Crippen LogP contribution in [0.4, 0.5) is 0 Å². The molecule has 0 aliphatic carbocycles. The van der Waals surface area contributed by atoms with E-state index in [0.717, 1.165) is 11.3 Å². The SMILES string of the molecule is COc1cc(CN)ccc1OCc1cn(C)nn1. The first-order valence-corrected chi connectivity index (χ1v) is 5.58. The third kappa shape index (κ3) is 2.78. The van der Waals surface area contributed by atoms with Gasteiger partial charge in [0.2, 0.25) is 0 Å². The van der Waals surface area contributed by atoms with E-state index in [-0.39, 0.29) is 0 Å². The summed E-state index contributed by atoms with van der Waals surface area (Å²) in [7, 11) is 3.41. The maximum atomic E-state index is 5.65. The Morgan fingerprint density at radius 3 is 2.78 bits per heavy atom. The van der Waals surface area contributed by atoms with Crippen molar-refractivity contribution in [3.63, 3.8) is 0 Å². The second-order valence-electron chi connectivity index (χ2n) is 3.86. The van der Waals surface area contributed by atoms with Gasteiger partial charge in [0.25, 0.3) is 0 Å². The predicted molar refractivity (Wildman–Crippen MR) is 66.2 cm³/mol. The molecule has 6 heteroatoms. The number of hydrogen-bond donors (Lipinski definition) is 1. The van der Waals surface area contributed by atoms with Gasteiger partial charge in [0.1, 0.15) is 12.3 Å². The van der Waals surface area contributed by atoms with Crippen LogP contribution < -0.4 is 15.2 Å². The minimum atomic E-state index is 0.353. The highest BCUT2D eigenvalue weighted by Crippen LogP contribution is 2.28. The molecule has 2 aromatic rings. The smallest absolute Gasteiger partial charge is 0.161 e. The molecule has 0 atom stereocenters. The van der Waals surface area contributed by atoms with Crippen LogP contribution in [0.5, 0.6) is 11.5 Å². The molecule has 0 bridgehead atoms. The molecule has 1 aromatic carbocycles. The summed E-state index contributed by atoms with van der Waals surface area (Å²) in [6.45, 7) is 0.826. The lowest BCUT2D eigenvalue weighted by atomic mass is 10.2. The van der Waals surface area contributed by atoms with Crippen LogP contribution in [0.2, 0.25) is 0 Å². The molecule has 1 heterocycles. The molecule has 0 radical (unpaired) electrons. The van der Waals surface area contributed by atoms with Gasteiger partial charge < -0.3 is 15.2 Å². The molecule has 0 aliphatic heterocycles. The molecule has 1 aromatic heterocycles. The average molecular weight is 248 g/mol. The van der Waals surface area contributed by atoms with Crippen molar-refractivity contribution in [1.82, 2.24) is 15.0 Å². The first-order chi connectivity index (χ1) is 8.72. The van der Waals surface area contributed by atoms with Gasteiger partial charge in [-0.1, -0.05) is 11.3 Å². The van der Waals surface area contributed by atoms with Gasteiger partial charge in [-0.25, -0.2) is 0 Å². The Bertz CT molecular complexity index is 525.